The highest BCUT2D eigenvalue weighted by Crippen LogP contribution is 2.07. The van der Waals surface area contributed by atoms with E-state index in [4.69, 9.17) is 17.0 Å². The number of benzene rings is 1. The van der Waals surface area contributed by atoms with Crippen molar-refractivity contribution in [3.63, 3.8) is 0 Å². The van der Waals surface area contributed by atoms with E-state index in [0.717, 1.165) is 6.42 Å². The Morgan fingerprint density at radius 3 is 2.77 bits per heavy atom. The molecule has 2 nitrogen and oxygen atoms in total. The monoisotopic (exact) mass is 193 g/mol. The second kappa shape index (κ2) is 3.75. The number of hydrogen-bond acceptors (Lipinski definition) is 2. The summed E-state index contributed by atoms with van der Waals surface area (Å²) < 4.78 is 5.16. The quantitative estimate of drug-likeness (QED) is 0.719. The molecule has 0 unspecified atom stereocenters. The fourth-order valence-corrected chi connectivity index (χ4v) is 1.67. The molecule has 0 amide bonds. The van der Waals surface area contributed by atoms with Crippen molar-refractivity contribution in [2.75, 3.05) is 6.61 Å². The van der Waals surface area contributed by atoms with Crippen LogP contribution in [0, 0.1) is 0 Å². The smallest absolute Gasteiger partial charge is 0.257 e. The molecule has 1 aromatic rings. The Morgan fingerprint density at radius 1 is 1.38 bits per heavy atom. The van der Waals surface area contributed by atoms with E-state index in [9.17, 15) is 0 Å². The Balaban J connectivity index is 1.96. The van der Waals surface area contributed by atoms with Gasteiger partial charge in [0.05, 0.1) is 6.04 Å². The summed E-state index contributed by atoms with van der Waals surface area (Å²) in [5.41, 5.74) is 1.31. The van der Waals surface area contributed by atoms with Crippen LogP contribution >= 0.6 is 12.2 Å². The minimum atomic E-state index is 0.342. The normalized spacial score (nSPS) is 20.9. The van der Waals surface area contributed by atoms with Crippen molar-refractivity contribution in [3.05, 3.63) is 35.9 Å². The van der Waals surface area contributed by atoms with Crippen molar-refractivity contribution >= 4 is 17.4 Å². The first-order valence-corrected chi connectivity index (χ1v) is 4.72. The van der Waals surface area contributed by atoms with Gasteiger partial charge in [-0.2, -0.15) is 0 Å². The molecule has 68 valence electrons. The van der Waals surface area contributed by atoms with Crippen molar-refractivity contribution in [1.82, 2.24) is 5.32 Å². The summed E-state index contributed by atoms with van der Waals surface area (Å²) in [7, 11) is 0. The zero-order valence-electron chi connectivity index (χ0n) is 7.19. The summed E-state index contributed by atoms with van der Waals surface area (Å²) >= 11 is 4.88. The predicted octanol–water partition coefficient (Wildman–Crippen LogP) is 1.50. The van der Waals surface area contributed by atoms with Crippen LogP contribution < -0.4 is 5.32 Å². The lowest BCUT2D eigenvalue weighted by molar-refractivity contribution is 0.331. The maximum absolute atomic E-state index is 5.16. The highest BCUT2D eigenvalue weighted by atomic mass is 32.1. The van der Waals surface area contributed by atoms with Crippen molar-refractivity contribution < 1.29 is 4.74 Å². The van der Waals surface area contributed by atoms with Gasteiger partial charge in [0.15, 0.2) is 0 Å². The molecule has 3 heteroatoms. The zero-order chi connectivity index (χ0) is 9.10. The van der Waals surface area contributed by atoms with Gasteiger partial charge in [-0.25, -0.2) is 0 Å². The zero-order valence-corrected chi connectivity index (χ0v) is 8.01. The first-order valence-electron chi connectivity index (χ1n) is 4.32. The summed E-state index contributed by atoms with van der Waals surface area (Å²) in [4.78, 5) is 0. The molecule has 0 spiro atoms. The van der Waals surface area contributed by atoms with Gasteiger partial charge in [0, 0.05) is 0 Å². The van der Waals surface area contributed by atoms with Crippen LogP contribution in [0.25, 0.3) is 0 Å². The molecule has 0 bridgehead atoms. The highest BCUT2D eigenvalue weighted by molar-refractivity contribution is 7.80. The molecule has 0 aromatic heterocycles. The average Bonchev–Trinajstić information content (AvgIpc) is 2.53. The number of thiocarbonyl (C=S) groups is 1. The van der Waals surface area contributed by atoms with E-state index in [1.165, 1.54) is 5.56 Å². The standard InChI is InChI=1S/C10H11NOS/c13-10-11-9(7-12-10)6-8-4-2-1-3-5-8/h1-5,9H,6-7H2,(H,11,13)/t9-/m0/s1. The van der Waals surface area contributed by atoms with Crippen LogP contribution in [0.15, 0.2) is 30.3 Å². The molecule has 1 fully saturated rings. The molecule has 1 N–H and O–H groups in total. The Hall–Kier alpha value is -1.09. The van der Waals surface area contributed by atoms with Gasteiger partial charge in [-0.15, -0.1) is 0 Å². The third kappa shape index (κ3) is 2.18. The second-order valence-electron chi connectivity index (χ2n) is 3.13. The van der Waals surface area contributed by atoms with Crippen molar-refractivity contribution in [3.8, 4) is 0 Å². The lowest BCUT2D eigenvalue weighted by atomic mass is 10.1. The number of nitrogens with one attached hydrogen (secondary N) is 1. The van der Waals surface area contributed by atoms with Gasteiger partial charge >= 0.3 is 0 Å². The summed E-state index contributed by atoms with van der Waals surface area (Å²) in [5.74, 6) is 0. The molecular formula is C10H11NOS. The van der Waals surface area contributed by atoms with E-state index in [0.29, 0.717) is 17.8 Å². The minimum absolute atomic E-state index is 0.342. The summed E-state index contributed by atoms with van der Waals surface area (Å²) in [6.45, 7) is 0.688. The van der Waals surface area contributed by atoms with Gasteiger partial charge in [0.1, 0.15) is 6.61 Å². The van der Waals surface area contributed by atoms with Crippen LogP contribution in [0.3, 0.4) is 0 Å². The largest absolute Gasteiger partial charge is 0.469 e. The van der Waals surface area contributed by atoms with Gasteiger partial charge in [-0.3, -0.25) is 0 Å². The third-order valence-electron chi connectivity index (χ3n) is 2.06. The topological polar surface area (TPSA) is 21.3 Å². The van der Waals surface area contributed by atoms with Crippen LogP contribution in [0.2, 0.25) is 0 Å². The maximum Gasteiger partial charge on any atom is 0.257 e. The number of rotatable bonds is 2. The van der Waals surface area contributed by atoms with E-state index in [-0.39, 0.29) is 0 Å². The molecule has 1 saturated heterocycles. The van der Waals surface area contributed by atoms with Crippen molar-refractivity contribution in [1.29, 1.82) is 0 Å². The van der Waals surface area contributed by atoms with E-state index in [2.05, 4.69) is 17.4 Å². The first kappa shape index (κ1) is 8.51. The molecule has 1 atom stereocenters. The SMILES string of the molecule is S=C1N[C@@H](Cc2ccccc2)CO1. The maximum atomic E-state index is 5.16. The van der Waals surface area contributed by atoms with Gasteiger partial charge in [-0.1, -0.05) is 30.3 Å². The minimum Gasteiger partial charge on any atom is -0.469 e. The molecule has 1 aliphatic heterocycles. The molecule has 0 aliphatic carbocycles. The molecule has 0 saturated carbocycles. The Labute approximate surface area is 82.9 Å². The molecule has 1 heterocycles. The lowest BCUT2D eigenvalue weighted by Gasteiger charge is -2.06. The summed E-state index contributed by atoms with van der Waals surface area (Å²) in [6, 6.07) is 10.7. The van der Waals surface area contributed by atoms with E-state index < -0.39 is 0 Å². The Bertz CT molecular complexity index is 299. The molecule has 1 aromatic carbocycles. The summed E-state index contributed by atoms with van der Waals surface area (Å²) in [6.07, 6.45) is 0.973. The van der Waals surface area contributed by atoms with Crippen molar-refractivity contribution in [2.24, 2.45) is 0 Å². The predicted molar refractivity (Wildman–Crippen MR) is 55.6 cm³/mol. The van der Waals surface area contributed by atoms with Crippen molar-refractivity contribution in [2.45, 2.75) is 12.5 Å². The van der Waals surface area contributed by atoms with Crippen LogP contribution in [0.5, 0.6) is 0 Å². The van der Waals surface area contributed by atoms with Crippen LogP contribution in [-0.2, 0) is 11.2 Å². The molecular weight excluding hydrogens is 182 g/mol. The molecule has 0 radical (unpaired) electrons. The third-order valence-corrected chi connectivity index (χ3v) is 2.30. The van der Waals surface area contributed by atoms with Gasteiger partial charge in [-0.05, 0) is 24.2 Å². The highest BCUT2D eigenvalue weighted by Gasteiger charge is 2.18. The van der Waals surface area contributed by atoms with E-state index >= 15 is 0 Å². The molecule has 13 heavy (non-hydrogen) atoms. The molecule has 1 aliphatic rings. The Morgan fingerprint density at radius 2 is 2.15 bits per heavy atom. The number of hydrogen-bond donors (Lipinski definition) is 1. The van der Waals surface area contributed by atoms with Gasteiger partial charge in [0.25, 0.3) is 5.17 Å². The number of ether oxygens (including phenoxy) is 1. The van der Waals surface area contributed by atoms with E-state index in [1.807, 2.05) is 18.2 Å². The average molecular weight is 193 g/mol. The summed E-state index contributed by atoms with van der Waals surface area (Å²) in [5, 5.41) is 3.64. The first-order chi connectivity index (χ1) is 6.34. The van der Waals surface area contributed by atoms with Gasteiger partial charge in [0.2, 0.25) is 0 Å². The van der Waals surface area contributed by atoms with Crippen LogP contribution in [-0.4, -0.2) is 17.8 Å². The van der Waals surface area contributed by atoms with Crippen LogP contribution in [0.4, 0.5) is 0 Å². The van der Waals surface area contributed by atoms with E-state index in [1.54, 1.807) is 0 Å². The van der Waals surface area contributed by atoms with Crippen LogP contribution in [0.1, 0.15) is 5.56 Å². The Kier molecular flexibility index (Phi) is 2.45. The molecule has 2 rings (SSSR count). The fourth-order valence-electron chi connectivity index (χ4n) is 1.43. The second-order valence-corrected chi connectivity index (χ2v) is 3.50. The lowest BCUT2D eigenvalue weighted by Crippen LogP contribution is -2.27. The fraction of sp³-hybridized carbons (Fsp3) is 0.300. The van der Waals surface area contributed by atoms with Gasteiger partial charge < -0.3 is 10.1 Å².